The predicted octanol–water partition coefficient (Wildman–Crippen LogP) is 3.67. The van der Waals surface area contributed by atoms with Crippen LogP contribution in [0.25, 0.3) is 0 Å². The van der Waals surface area contributed by atoms with Gasteiger partial charge in [0.25, 0.3) is 5.91 Å². The second kappa shape index (κ2) is 9.05. The number of carbonyl (C=O) groups is 2. The Morgan fingerprint density at radius 1 is 0.576 bits per heavy atom. The highest BCUT2D eigenvalue weighted by atomic mass is 31.2. The highest BCUT2D eigenvalue weighted by Crippen LogP contribution is 2.49. The van der Waals surface area contributed by atoms with E-state index in [1.807, 2.05) is 84.9 Å². The van der Waals surface area contributed by atoms with Gasteiger partial charge in [-0.15, -0.1) is 0 Å². The molecule has 1 aliphatic rings. The van der Waals surface area contributed by atoms with Gasteiger partial charge in [-0.2, -0.15) is 0 Å². The molecular weight excluding hydrogens is 425 g/mol. The van der Waals surface area contributed by atoms with Crippen molar-refractivity contribution in [3.05, 3.63) is 127 Å². The van der Waals surface area contributed by atoms with Crippen molar-refractivity contribution >= 4 is 39.9 Å². The van der Waals surface area contributed by atoms with Gasteiger partial charge in [-0.3, -0.25) is 14.9 Å². The maximum atomic E-state index is 13.6. The summed E-state index contributed by atoms with van der Waals surface area (Å²) < 4.78 is 0. The number of rotatable bonds is 5. The monoisotopic (exact) mass is 449 g/mol. The summed E-state index contributed by atoms with van der Waals surface area (Å²) in [5.41, 5.74) is 1.04. The zero-order chi connectivity index (χ0) is 22.7. The molecule has 0 aliphatic carbocycles. The van der Waals surface area contributed by atoms with E-state index in [4.69, 9.17) is 0 Å². The van der Waals surface area contributed by atoms with Crippen LogP contribution in [0.15, 0.2) is 121 Å². The van der Waals surface area contributed by atoms with E-state index in [1.54, 1.807) is 0 Å². The molecule has 1 N–H and O–H groups in total. The molecule has 0 bridgehead atoms. The van der Waals surface area contributed by atoms with E-state index in [0.717, 1.165) is 21.5 Å². The lowest BCUT2D eigenvalue weighted by molar-refractivity contribution is -0.125. The molecule has 4 aromatic carbocycles. The van der Waals surface area contributed by atoms with Gasteiger partial charge < -0.3 is 0 Å². The lowest BCUT2D eigenvalue weighted by atomic mass is 9.98. The molecule has 1 fully saturated rings. The van der Waals surface area contributed by atoms with Crippen LogP contribution >= 0.6 is 6.89 Å². The number of carbonyl (C=O) groups excluding carboxylic acids is 2. The van der Waals surface area contributed by atoms with Crippen molar-refractivity contribution < 1.29 is 9.59 Å². The Morgan fingerprint density at radius 2 is 0.970 bits per heavy atom. The van der Waals surface area contributed by atoms with Crippen LogP contribution in [0.5, 0.6) is 0 Å². The zero-order valence-electron chi connectivity index (χ0n) is 18.1. The van der Waals surface area contributed by atoms with Crippen LogP contribution in [0.2, 0.25) is 0 Å². The normalized spacial score (nSPS) is 16.0. The lowest BCUT2D eigenvalue weighted by Crippen LogP contribution is -2.35. The third kappa shape index (κ3) is 3.75. The van der Waals surface area contributed by atoms with Crippen LogP contribution in [-0.2, 0) is 16.0 Å². The van der Waals surface area contributed by atoms with E-state index < -0.39 is 12.8 Å². The molecule has 3 nitrogen and oxygen atoms in total. The number of hydrogen-bond donors (Lipinski definition) is 1. The molecule has 0 spiro atoms. The molecule has 2 amide bonds. The fourth-order valence-corrected chi connectivity index (χ4v) is 9.41. The van der Waals surface area contributed by atoms with Crippen LogP contribution < -0.4 is 21.2 Å². The van der Waals surface area contributed by atoms with E-state index in [2.05, 4.69) is 41.7 Å². The number of imide groups is 1. The summed E-state index contributed by atoms with van der Waals surface area (Å²) in [6, 6.07) is 40.5. The van der Waals surface area contributed by atoms with Crippen molar-refractivity contribution in [2.45, 2.75) is 6.42 Å². The average molecular weight is 449 g/mol. The lowest BCUT2D eigenvalue weighted by Gasteiger charge is -2.32. The summed E-state index contributed by atoms with van der Waals surface area (Å²) >= 11 is 0. The highest BCUT2D eigenvalue weighted by molar-refractivity contribution is 7.96. The Labute approximate surface area is 194 Å². The van der Waals surface area contributed by atoms with Gasteiger partial charge in [-0.05, 0) is 34.8 Å². The first-order valence-electron chi connectivity index (χ1n) is 11.0. The average Bonchev–Trinajstić information content (AvgIpc) is 3.15. The van der Waals surface area contributed by atoms with Crippen molar-refractivity contribution in [3.63, 3.8) is 0 Å². The number of nitrogens with one attached hydrogen (secondary N) is 1. The van der Waals surface area contributed by atoms with E-state index >= 15 is 0 Å². The van der Waals surface area contributed by atoms with E-state index in [1.165, 1.54) is 0 Å². The van der Waals surface area contributed by atoms with Crippen molar-refractivity contribution in [3.8, 4) is 0 Å². The first-order valence-corrected chi connectivity index (χ1v) is 12.8. The molecule has 0 saturated carbocycles. The Morgan fingerprint density at radius 3 is 1.39 bits per heavy atom. The largest absolute Gasteiger partial charge is 0.292 e. The van der Waals surface area contributed by atoms with Crippen molar-refractivity contribution in [1.82, 2.24) is 5.32 Å². The minimum Gasteiger partial charge on any atom is -0.292 e. The topological polar surface area (TPSA) is 46.2 Å². The molecular formula is C29H24NO2P. The summed E-state index contributed by atoms with van der Waals surface area (Å²) in [5.74, 6) is -1.01. The molecule has 4 aromatic rings. The van der Waals surface area contributed by atoms with Crippen molar-refractivity contribution in [2.75, 3.05) is 0 Å². The SMILES string of the molecule is O=C1NC(=O)C(Cc2ccccc2)C1=P(c1ccccc1)(c1ccccc1)c1ccccc1. The third-order valence-corrected chi connectivity index (χ3v) is 10.6. The summed E-state index contributed by atoms with van der Waals surface area (Å²) in [6.07, 6.45) is 0.488. The highest BCUT2D eigenvalue weighted by Gasteiger charge is 2.44. The number of amides is 2. The molecule has 1 aliphatic heterocycles. The molecule has 0 aromatic heterocycles. The Kier molecular flexibility index (Phi) is 5.81. The van der Waals surface area contributed by atoms with Crippen molar-refractivity contribution in [1.29, 1.82) is 0 Å². The maximum absolute atomic E-state index is 13.6. The molecule has 1 saturated heterocycles. The standard InChI is InChI=1S/C29H24NO2P/c31-28-26(21-22-13-5-1-6-14-22)27(29(32)30-28)33(23-15-7-2-8-16-23,24-17-9-3-10-18-24)25-19-11-4-12-20-25/h1-20,26H,21H2,(H,30,31,32). The Bertz CT molecular complexity index is 1230. The third-order valence-electron chi connectivity index (χ3n) is 6.19. The Hall–Kier alpha value is -3.68. The first kappa shape index (κ1) is 21.2. The van der Waals surface area contributed by atoms with Gasteiger partial charge in [-0.1, -0.05) is 121 Å². The van der Waals surface area contributed by atoms with Gasteiger partial charge in [0.05, 0.1) is 5.92 Å². The first-order chi connectivity index (χ1) is 16.2. The van der Waals surface area contributed by atoms with Crippen LogP contribution in [0.1, 0.15) is 5.56 Å². The van der Waals surface area contributed by atoms with Gasteiger partial charge in [0.2, 0.25) is 5.91 Å². The predicted molar refractivity (Wildman–Crippen MR) is 137 cm³/mol. The smallest absolute Gasteiger partial charge is 0.255 e. The molecule has 162 valence electrons. The summed E-state index contributed by atoms with van der Waals surface area (Å²) in [7, 11) is 0. The molecule has 5 rings (SSSR count). The van der Waals surface area contributed by atoms with E-state index in [-0.39, 0.29) is 11.8 Å². The van der Waals surface area contributed by atoms with Gasteiger partial charge in [0, 0.05) is 5.29 Å². The summed E-state index contributed by atoms with van der Waals surface area (Å²) in [5, 5.41) is 6.55. The van der Waals surface area contributed by atoms with E-state index in [9.17, 15) is 9.59 Å². The van der Waals surface area contributed by atoms with Gasteiger partial charge in [0.1, 0.15) is 0 Å². The van der Waals surface area contributed by atoms with Gasteiger partial charge in [0.15, 0.2) is 0 Å². The minimum absolute atomic E-state index is 0.217. The second-order valence-electron chi connectivity index (χ2n) is 8.12. The second-order valence-corrected chi connectivity index (χ2v) is 11.5. The Balaban J connectivity index is 1.92. The number of benzene rings is 4. The summed E-state index contributed by atoms with van der Waals surface area (Å²) in [4.78, 5) is 26.8. The van der Waals surface area contributed by atoms with Crippen molar-refractivity contribution in [2.24, 2.45) is 5.92 Å². The molecule has 0 radical (unpaired) electrons. The van der Waals surface area contributed by atoms with Gasteiger partial charge >= 0.3 is 0 Å². The minimum atomic E-state index is -2.60. The molecule has 33 heavy (non-hydrogen) atoms. The molecule has 1 unspecified atom stereocenters. The van der Waals surface area contributed by atoms with Crippen LogP contribution in [0.4, 0.5) is 0 Å². The fourth-order valence-electron chi connectivity index (χ4n) is 4.79. The quantitative estimate of drug-likeness (QED) is 0.373. The molecule has 4 heteroatoms. The van der Waals surface area contributed by atoms with Crippen LogP contribution in [0.3, 0.4) is 0 Å². The molecule has 1 atom stereocenters. The maximum Gasteiger partial charge on any atom is 0.255 e. The number of hydrogen-bond acceptors (Lipinski definition) is 2. The van der Waals surface area contributed by atoms with Crippen LogP contribution in [0, 0.1) is 5.92 Å². The van der Waals surface area contributed by atoms with E-state index in [0.29, 0.717) is 11.7 Å². The van der Waals surface area contributed by atoms with Gasteiger partial charge in [-0.25, -0.2) is 0 Å². The molecule has 1 heterocycles. The van der Waals surface area contributed by atoms with Crippen LogP contribution in [-0.4, -0.2) is 17.1 Å². The summed E-state index contributed by atoms with van der Waals surface area (Å²) in [6.45, 7) is -2.60. The zero-order valence-corrected chi connectivity index (χ0v) is 19.0. The fraction of sp³-hybridized carbons (Fsp3) is 0.0690.